The Morgan fingerprint density at radius 2 is 0.549 bits per heavy atom. The zero-order valence-electron chi connectivity index (χ0n) is 29.3. The lowest BCUT2D eigenvalue weighted by Gasteiger charge is -2.13. The van der Waals surface area contributed by atoms with Crippen LogP contribution in [-0.4, -0.2) is 13.7 Å². The van der Waals surface area contributed by atoms with Gasteiger partial charge < -0.3 is 13.7 Å². The first-order chi connectivity index (χ1) is 25.1. The topological polar surface area (TPSA) is 14.8 Å². The van der Waals surface area contributed by atoms with Gasteiger partial charge in [-0.25, -0.2) is 0 Å². The van der Waals surface area contributed by atoms with Crippen LogP contribution in [0.5, 0.6) is 0 Å². The number of benzene rings is 7. The third-order valence-corrected chi connectivity index (χ3v) is 11.2. The minimum atomic E-state index is 0.926. The molecule has 3 nitrogen and oxygen atoms in total. The largest absolute Gasteiger partial charge is 0.341 e. The highest BCUT2D eigenvalue weighted by atomic mass is 15.0. The predicted octanol–water partition coefficient (Wildman–Crippen LogP) is 13.1. The fourth-order valence-electron chi connectivity index (χ4n) is 8.84. The molecule has 3 heterocycles. The van der Waals surface area contributed by atoms with E-state index < -0.39 is 0 Å². The molecule has 0 radical (unpaired) electrons. The zero-order chi connectivity index (χ0) is 34.2. The molecule has 51 heavy (non-hydrogen) atoms. The molecule has 0 fully saturated rings. The van der Waals surface area contributed by atoms with E-state index in [1.54, 1.807) is 0 Å². The molecule has 0 saturated carbocycles. The molecular formula is C48H39N3. The van der Waals surface area contributed by atoms with Crippen LogP contribution >= 0.6 is 0 Å². The fourth-order valence-corrected chi connectivity index (χ4v) is 8.84. The van der Waals surface area contributed by atoms with Crippen molar-refractivity contribution in [1.29, 1.82) is 0 Å². The molecule has 3 heteroatoms. The second-order valence-corrected chi connectivity index (χ2v) is 13.8. The Morgan fingerprint density at radius 1 is 0.275 bits per heavy atom. The van der Waals surface area contributed by atoms with E-state index >= 15 is 0 Å². The summed E-state index contributed by atoms with van der Waals surface area (Å²) in [6, 6.07) is 54.7. The summed E-state index contributed by atoms with van der Waals surface area (Å²) in [4.78, 5) is 0. The van der Waals surface area contributed by atoms with Crippen molar-refractivity contribution in [3.63, 3.8) is 0 Å². The summed E-state index contributed by atoms with van der Waals surface area (Å²) < 4.78 is 7.36. The lowest BCUT2D eigenvalue weighted by atomic mass is 9.92. The molecule has 0 atom stereocenters. The van der Waals surface area contributed by atoms with Crippen molar-refractivity contribution >= 4 is 65.4 Å². The number of para-hydroxylation sites is 3. The smallest absolute Gasteiger partial charge is 0.0497 e. The van der Waals surface area contributed by atoms with Crippen LogP contribution in [0.2, 0.25) is 0 Å². The Kier molecular flexibility index (Phi) is 6.72. The summed E-state index contributed by atoms with van der Waals surface area (Å²) in [5.74, 6) is 0. The molecule has 10 rings (SSSR count). The van der Waals surface area contributed by atoms with Gasteiger partial charge in [-0.15, -0.1) is 0 Å². The molecule has 246 valence electrons. The number of nitrogens with zero attached hydrogens (tertiary/aromatic N) is 3. The quantitative estimate of drug-likeness (QED) is 0.169. The monoisotopic (exact) mass is 657 g/mol. The van der Waals surface area contributed by atoms with Crippen LogP contribution in [0.15, 0.2) is 146 Å². The average Bonchev–Trinajstić information content (AvgIpc) is 3.81. The van der Waals surface area contributed by atoms with Crippen molar-refractivity contribution in [2.75, 3.05) is 0 Å². The van der Waals surface area contributed by atoms with Gasteiger partial charge >= 0.3 is 0 Å². The molecule has 0 bridgehead atoms. The van der Waals surface area contributed by atoms with Crippen molar-refractivity contribution in [2.24, 2.45) is 0 Å². The molecule has 0 aliphatic heterocycles. The van der Waals surface area contributed by atoms with Crippen molar-refractivity contribution in [3.05, 3.63) is 146 Å². The van der Waals surface area contributed by atoms with Gasteiger partial charge in [-0.05, 0) is 109 Å². The van der Waals surface area contributed by atoms with Crippen molar-refractivity contribution in [1.82, 2.24) is 13.7 Å². The normalized spacial score (nSPS) is 12.1. The van der Waals surface area contributed by atoms with Crippen LogP contribution in [0.25, 0.3) is 98.8 Å². The Hall–Kier alpha value is -6.06. The molecule has 10 aromatic rings. The van der Waals surface area contributed by atoms with Gasteiger partial charge in [0.05, 0.1) is 0 Å². The number of aromatic nitrogens is 3. The van der Waals surface area contributed by atoms with E-state index in [-0.39, 0.29) is 0 Å². The predicted molar refractivity (Wildman–Crippen MR) is 219 cm³/mol. The summed E-state index contributed by atoms with van der Waals surface area (Å²) >= 11 is 0. The van der Waals surface area contributed by atoms with Crippen LogP contribution in [0, 0.1) is 0 Å². The molecule has 3 aromatic heterocycles. The van der Waals surface area contributed by atoms with Gasteiger partial charge in [-0.1, -0.05) is 91.0 Å². The molecule has 0 aliphatic rings. The van der Waals surface area contributed by atoms with E-state index in [1.165, 1.54) is 98.8 Å². The minimum Gasteiger partial charge on any atom is -0.341 e. The van der Waals surface area contributed by atoms with E-state index in [0.717, 1.165) is 19.6 Å². The number of aryl methyl sites for hydroxylation is 3. The molecule has 0 unspecified atom stereocenters. The van der Waals surface area contributed by atoms with Gasteiger partial charge in [-0.3, -0.25) is 0 Å². The van der Waals surface area contributed by atoms with Crippen LogP contribution in [0.3, 0.4) is 0 Å². The van der Waals surface area contributed by atoms with Crippen LogP contribution in [0.1, 0.15) is 20.8 Å². The third kappa shape index (κ3) is 4.44. The Bertz CT molecular complexity index is 2650. The average molecular weight is 658 g/mol. The van der Waals surface area contributed by atoms with Gasteiger partial charge in [0.25, 0.3) is 0 Å². The van der Waals surface area contributed by atoms with E-state index in [9.17, 15) is 0 Å². The van der Waals surface area contributed by atoms with E-state index in [4.69, 9.17) is 0 Å². The third-order valence-electron chi connectivity index (χ3n) is 11.2. The molecule has 0 amide bonds. The van der Waals surface area contributed by atoms with Gasteiger partial charge in [0.1, 0.15) is 0 Å². The highest BCUT2D eigenvalue weighted by molar-refractivity contribution is 6.11. The second kappa shape index (κ2) is 11.5. The van der Waals surface area contributed by atoms with E-state index in [2.05, 4.69) is 180 Å². The van der Waals surface area contributed by atoms with Gasteiger partial charge in [-0.2, -0.15) is 0 Å². The maximum Gasteiger partial charge on any atom is 0.0497 e. The summed E-state index contributed by atoms with van der Waals surface area (Å²) in [6.07, 6.45) is 0. The fraction of sp³-hybridized carbons (Fsp3) is 0.125. The number of rotatable bonds is 6. The number of fused-ring (bicyclic) bond motifs is 9. The minimum absolute atomic E-state index is 0.926. The molecule has 7 aromatic carbocycles. The molecule has 0 spiro atoms. The Labute approximate surface area is 297 Å². The first-order valence-electron chi connectivity index (χ1n) is 18.3. The Balaban J connectivity index is 1.22. The van der Waals surface area contributed by atoms with E-state index in [1.807, 2.05) is 0 Å². The number of hydrogen-bond donors (Lipinski definition) is 0. The summed E-state index contributed by atoms with van der Waals surface area (Å²) in [5, 5.41) is 7.87. The lowest BCUT2D eigenvalue weighted by molar-refractivity contribution is 0.827. The second-order valence-electron chi connectivity index (χ2n) is 13.8. The zero-order valence-corrected chi connectivity index (χ0v) is 29.3. The van der Waals surface area contributed by atoms with Gasteiger partial charge in [0.2, 0.25) is 0 Å². The van der Waals surface area contributed by atoms with Crippen LogP contribution in [-0.2, 0) is 19.6 Å². The van der Waals surface area contributed by atoms with Gasteiger partial charge in [0.15, 0.2) is 0 Å². The van der Waals surface area contributed by atoms with Crippen molar-refractivity contribution < 1.29 is 0 Å². The van der Waals surface area contributed by atoms with Crippen molar-refractivity contribution in [2.45, 2.75) is 40.4 Å². The van der Waals surface area contributed by atoms with Crippen molar-refractivity contribution in [3.8, 4) is 33.4 Å². The first kappa shape index (κ1) is 29.8. The Morgan fingerprint density at radius 3 is 0.843 bits per heavy atom. The van der Waals surface area contributed by atoms with E-state index in [0.29, 0.717) is 0 Å². The van der Waals surface area contributed by atoms with Gasteiger partial charge in [0, 0.05) is 85.1 Å². The highest BCUT2D eigenvalue weighted by Gasteiger charge is 2.16. The summed E-state index contributed by atoms with van der Waals surface area (Å²) in [5.41, 5.74) is 15.1. The highest BCUT2D eigenvalue weighted by Crippen LogP contribution is 2.40. The maximum atomic E-state index is 2.45. The molecule has 0 saturated heterocycles. The molecule has 0 N–H and O–H groups in total. The standard InChI is InChI=1S/C48H39N3/c1-4-49-43-16-10-7-13-37(43)40-22-19-31(28-46(40)49)34-25-35(32-20-23-41-38-14-8-11-17-44(38)50(5-2)47(41)29-32)27-36(26-34)33-21-24-42-39-15-9-12-18-45(39)51(6-3)48(42)30-33/h7-30H,4-6H2,1-3H3. The maximum absolute atomic E-state index is 2.45. The molecule has 0 aliphatic carbocycles. The summed E-state index contributed by atoms with van der Waals surface area (Å²) in [6.45, 7) is 9.51. The number of hydrogen-bond acceptors (Lipinski definition) is 0. The molecular weight excluding hydrogens is 619 g/mol. The SMILES string of the molecule is CCn1c2ccccc2c2ccc(-c3cc(-c4ccc5c6ccccc6n(CC)c5c4)cc(-c4ccc5c6ccccc6n(CC)c5c4)c3)cc21. The first-order valence-corrected chi connectivity index (χ1v) is 18.3. The van der Waals surface area contributed by atoms with Crippen LogP contribution < -0.4 is 0 Å². The summed E-state index contributed by atoms with van der Waals surface area (Å²) in [7, 11) is 0. The lowest BCUT2D eigenvalue weighted by Crippen LogP contribution is -1.94. The van der Waals surface area contributed by atoms with Crippen LogP contribution in [0.4, 0.5) is 0 Å².